The van der Waals surface area contributed by atoms with E-state index in [9.17, 15) is 0 Å². The Balaban J connectivity index is 0.00000289. The highest BCUT2D eigenvalue weighted by atomic mass is 127. The Labute approximate surface area is 131 Å². The molecule has 3 nitrogen and oxygen atoms in total. The van der Waals surface area contributed by atoms with Gasteiger partial charge in [-0.2, -0.15) is 11.3 Å². The van der Waals surface area contributed by atoms with Crippen LogP contribution in [-0.4, -0.2) is 19.6 Å². The SMILES string of the molecule is CCC(CC)CNC(=NC)NCc1ccsc1.I. The molecule has 0 aliphatic rings. The van der Waals surface area contributed by atoms with E-state index in [0.29, 0.717) is 0 Å². The minimum Gasteiger partial charge on any atom is -0.356 e. The second-order valence-electron chi connectivity index (χ2n) is 4.12. The van der Waals surface area contributed by atoms with Crippen LogP contribution < -0.4 is 10.6 Å². The first kappa shape index (κ1) is 17.7. The molecule has 0 fully saturated rings. The Kier molecular flexibility index (Phi) is 10.4. The second kappa shape index (κ2) is 10.6. The topological polar surface area (TPSA) is 36.4 Å². The monoisotopic (exact) mass is 381 g/mol. The third-order valence-corrected chi connectivity index (χ3v) is 3.71. The zero-order valence-electron chi connectivity index (χ0n) is 11.4. The van der Waals surface area contributed by atoms with Crippen molar-refractivity contribution in [1.82, 2.24) is 10.6 Å². The van der Waals surface area contributed by atoms with Crippen molar-refractivity contribution in [3.8, 4) is 0 Å². The van der Waals surface area contributed by atoms with Gasteiger partial charge in [-0.05, 0) is 28.3 Å². The molecule has 18 heavy (non-hydrogen) atoms. The van der Waals surface area contributed by atoms with Crippen LogP contribution >= 0.6 is 35.3 Å². The van der Waals surface area contributed by atoms with Gasteiger partial charge in [0.25, 0.3) is 0 Å². The number of hydrogen-bond donors (Lipinski definition) is 2. The molecule has 0 atom stereocenters. The summed E-state index contributed by atoms with van der Waals surface area (Å²) < 4.78 is 0. The van der Waals surface area contributed by atoms with Crippen molar-refractivity contribution in [3.05, 3.63) is 22.4 Å². The van der Waals surface area contributed by atoms with Crippen LogP contribution in [0.4, 0.5) is 0 Å². The number of rotatable bonds is 6. The van der Waals surface area contributed by atoms with Gasteiger partial charge in [0.15, 0.2) is 5.96 Å². The minimum absolute atomic E-state index is 0. The smallest absolute Gasteiger partial charge is 0.191 e. The van der Waals surface area contributed by atoms with E-state index in [-0.39, 0.29) is 24.0 Å². The summed E-state index contributed by atoms with van der Waals surface area (Å²) in [6, 6.07) is 2.13. The van der Waals surface area contributed by atoms with Gasteiger partial charge >= 0.3 is 0 Å². The molecule has 2 N–H and O–H groups in total. The van der Waals surface area contributed by atoms with Crippen LogP contribution in [0.2, 0.25) is 0 Å². The van der Waals surface area contributed by atoms with Gasteiger partial charge in [-0.25, -0.2) is 0 Å². The number of nitrogens with zero attached hydrogens (tertiary/aromatic N) is 1. The fourth-order valence-electron chi connectivity index (χ4n) is 1.62. The van der Waals surface area contributed by atoms with Gasteiger partial charge in [0, 0.05) is 20.1 Å². The Bertz CT molecular complexity index is 321. The van der Waals surface area contributed by atoms with Gasteiger partial charge in [-0.3, -0.25) is 4.99 Å². The first-order valence-electron chi connectivity index (χ1n) is 6.25. The summed E-state index contributed by atoms with van der Waals surface area (Å²) >= 11 is 1.72. The third-order valence-electron chi connectivity index (χ3n) is 2.98. The molecule has 0 unspecified atom stereocenters. The van der Waals surface area contributed by atoms with Crippen molar-refractivity contribution in [2.75, 3.05) is 13.6 Å². The standard InChI is InChI=1S/C13H23N3S.HI/c1-4-11(5-2)8-15-13(14-3)16-9-12-6-7-17-10-12;/h6-7,10-11H,4-5,8-9H2,1-3H3,(H2,14,15,16);1H. The average molecular weight is 381 g/mol. The Morgan fingerprint density at radius 3 is 2.56 bits per heavy atom. The number of thiophene rings is 1. The molecule has 1 rings (SSSR count). The Hall–Kier alpha value is -0.300. The fourth-order valence-corrected chi connectivity index (χ4v) is 2.29. The molecule has 0 saturated carbocycles. The van der Waals surface area contributed by atoms with Crippen molar-refractivity contribution < 1.29 is 0 Å². The normalized spacial score (nSPS) is 11.2. The molecule has 5 heteroatoms. The zero-order chi connectivity index (χ0) is 12.5. The Morgan fingerprint density at radius 2 is 2.06 bits per heavy atom. The van der Waals surface area contributed by atoms with Crippen molar-refractivity contribution >= 4 is 41.3 Å². The van der Waals surface area contributed by atoms with Gasteiger partial charge in [-0.15, -0.1) is 24.0 Å². The van der Waals surface area contributed by atoms with E-state index < -0.39 is 0 Å². The summed E-state index contributed by atoms with van der Waals surface area (Å²) in [7, 11) is 1.82. The molecule has 0 aliphatic heterocycles. The van der Waals surface area contributed by atoms with Crippen LogP contribution in [0.5, 0.6) is 0 Å². The summed E-state index contributed by atoms with van der Waals surface area (Å²) in [5.74, 6) is 1.62. The summed E-state index contributed by atoms with van der Waals surface area (Å²) in [6.07, 6.45) is 2.43. The molecule has 0 aliphatic carbocycles. The number of aliphatic imine (C=N–C) groups is 1. The molecule has 0 spiro atoms. The number of halogens is 1. The second-order valence-corrected chi connectivity index (χ2v) is 4.90. The number of guanidine groups is 1. The molecular weight excluding hydrogens is 357 g/mol. The lowest BCUT2D eigenvalue weighted by Gasteiger charge is -2.16. The van der Waals surface area contributed by atoms with Crippen LogP contribution in [0.1, 0.15) is 32.3 Å². The summed E-state index contributed by atoms with van der Waals surface area (Å²) in [5.41, 5.74) is 1.31. The zero-order valence-corrected chi connectivity index (χ0v) is 14.5. The maximum atomic E-state index is 4.23. The Morgan fingerprint density at radius 1 is 1.33 bits per heavy atom. The molecule has 1 aromatic heterocycles. The van der Waals surface area contributed by atoms with Crippen LogP contribution in [0, 0.1) is 5.92 Å². The van der Waals surface area contributed by atoms with E-state index in [1.165, 1.54) is 18.4 Å². The van der Waals surface area contributed by atoms with Crippen LogP contribution in [0.15, 0.2) is 21.8 Å². The van der Waals surface area contributed by atoms with E-state index in [1.807, 2.05) is 7.05 Å². The molecule has 1 heterocycles. The minimum atomic E-state index is 0. The highest BCUT2D eigenvalue weighted by Gasteiger charge is 2.04. The molecule has 0 aromatic carbocycles. The van der Waals surface area contributed by atoms with Gasteiger partial charge in [0.2, 0.25) is 0 Å². The number of nitrogens with one attached hydrogen (secondary N) is 2. The molecule has 0 saturated heterocycles. The quantitative estimate of drug-likeness (QED) is 0.450. The predicted octanol–water partition coefficient (Wildman–Crippen LogP) is 3.47. The summed E-state index contributed by atoms with van der Waals surface area (Å²) in [4.78, 5) is 4.23. The van der Waals surface area contributed by atoms with Gasteiger partial charge in [-0.1, -0.05) is 26.7 Å². The van der Waals surface area contributed by atoms with E-state index >= 15 is 0 Å². The van der Waals surface area contributed by atoms with Crippen LogP contribution in [-0.2, 0) is 6.54 Å². The molecule has 104 valence electrons. The van der Waals surface area contributed by atoms with Crippen molar-refractivity contribution in [2.45, 2.75) is 33.2 Å². The van der Waals surface area contributed by atoms with E-state index in [4.69, 9.17) is 0 Å². The van der Waals surface area contributed by atoms with Crippen molar-refractivity contribution in [2.24, 2.45) is 10.9 Å². The average Bonchev–Trinajstić information content (AvgIpc) is 2.87. The van der Waals surface area contributed by atoms with Crippen molar-refractivity contribution in [1.29, 1.82) is 0 Å². The highest BCUT2D eigenvalue weighted by molar-refractivity contribution is 14.0. The van der Waals surface area contributed by atoms with Gasteiger partial charge < -0.3 is 10.6 Å². The lowest BCUT2D eigenvalue weighted by atomic mass is 10.0. The first-order chi connectivity index (χ1) is 8.30. The molecule has 1 aromatic rings. The maximum Gasteiger partial charge on any atom is 0.191 e. The molecule has 0 bridgehead atoms. The van der Waals surface area contributed by atoms with Crippen molar-refractivity contribution in [3.63, 3.8) is 0 Å². The molecule has 0 radical (unpaired) electrons. The largest absolute Gasteiger partial charge is 0.356 e. The first-order valence-corrected chi connectivity index (χ1v) is 7.20. The highest BCUT2D eigenvalue weighted by Crippen LogP contribution is 2.06. The number of hydrogen-bond acceptors (Lipinski definition) is 2. The van der Waals surface area contributed by atoms with E-state index in [2.05, 4.69) is 46.3 Å². The van der Waals surface area contributed by atoms with Gasteiger partial charge in [0.05, 0.1) is 0 Å². The summed E-state index contributed by atoms with van der Waals surface area (Å²) in [6.45, 7) is 6.30. The van der Waals surface area contributed by atoms with Crippen LogP contribution in [0.3, 0.4) is 0 Å². The fraction of sp³-hybridized carbons (Fsp3) is 0.615. The summed E-state index contributed by atoms with van der Waals surface area (Å²) in [5, 5.41) is 10.9. The van der Waals surface area contributed by atoms with Crippen LogP contribution in [0.25, 0.3) is 0 Å². The maximum absolute atomic E-state index is 4.23. The lowest BCUT2D eigenvalue weighted by molar-refractivity contribution is 0.481. The predicted molar refractivity (Wildman–Crippen MR) is 92.0 cm³/mol. The molecular formula is C13H24IN3S. The van der Waals surface area contributed by atoms with E-state index in [0.717, 1.165) is 25.0 Å². The van der Waals surface area contributed by atoms with Gasteiger partial charge in [0.1, 0.15) is 0 Å². The lowest BCUT2D eigenvalue weighted by Crippen LogP contribution is -2.39. The van der Waals surface area contributed by atoms with E-state index in [1.54, 1.807) is 11.3 Å². The molecule has 0 amide bonds. The third kappa shape index (κ3) is 6.58.